The Morgan fingerprint density at radius 1 is 1.11 bits per heavy atom. The lowest BCUT2D eigenvalue weighted by atomic mass is 10.3. The Morgan fingerprint density at radius 2 is 1.82 bits per heavy atom. The molecule has 8 nitrogen and oxygen atoms in total. The molecule has 1 aliphatic heterocycles. The Balaban J connectivity index is 1.74. The van der Waals surface area contributed by atoms with Crippen molar-refractivity contribution in [2.75, 3.05) is 29.6 Å². The standard InChI is InChI=1S/C19H24N6O2S/c1-3-10-25-18-16(13-20-25)17(22-19(23-18)24-11-4-5-12-24)21-14-6-8-15(9-7-14)28(2,26)27/h6-9,13H,3-5,10-12H2,1-2H3,(H,21,22,23). The maximum absolute atomic E-state index is 11.7. The molecule has 9 heteroatoms. The molecule has 0 amide bonds. The highest BCUT2D eigenvalue weighted by Crippen LogP contribution is 2.28. The number of fused-ring (bicyclic) bond motifs is 1. The number of aromatic nitrogens is 4. The fourth-order valence-corrected chi connectivity index (χ4v) is 4.03. The van der Waals surface area contributed by atoms with Crippen LogP contribution in [0.25, 0.3) is 11.0 Å². The minimum absolute atomic E-state index is 0.291. The molecule has 0 bridgehead atoms. The molecule has 0 saturated carbocycles. The molecule has 28 heavy (non-hydrogen) atoms. The second kappa shape index (κ2) is 7.38. The van der Waals surface area contributed by atoms with Crippen LogP contribution < -0.4 is 10.2 Å². The van der Waals surface area contributed by atoms with Crippen molar-refractivity contribution in [1.29, 1.82) is 0 Å². The second-order valence-corrected chi connectivity index (χ2v) is 9.11. The van der Waals surface area contributed by atoms with Gasteiger partial charge in [0.15, 0.2) is 15.5 Å². The molecule has 4 rings (SSSR count). The van der Waals surface area contributed by atoms with Gasteiger partial charge >= 0.3 is 0 Å². The average molecular weight is 401 g/mol. The monoisotopic (exact) mass is 400 g/mol. The Morgan fingerprint density at radius 3 is 2.46 bits per heavy atom. The van der Waals surface area contributed by atoms with Gasteiger partial charge in [0.1, 0.15) is 5.82 Å². The van der Waals surface area contributed by atoms with Crippen LogP contribution in [0.2, 0.25) is 0 Å². The van der Waals surface area contributed by atoms with E-state index in [0.29, 0.717) is 16.7 Å². The largest absolute Gasteiger partial charge is 0.341 e. The number of sulfone groups is 1. The van der Waals surface area contributed by atoms with Crippen LogP contribution in [0.5, 0.6) is 0 Å². The zero-order valence-corrected chi connectivity index (χ0v) is 16.9. The van der Waals surface area contributed by atoms with Gasteiger partial charge in [0.2, 0.25) is 5.95 Å². The van der Waals surface area contributed by atoms with Gasteiger partial charge in [0.25, 0.3) is 0 Å². The third kappa shape index (κ3) is 3.66. The van der Waals surface area contributed by atoms with Crippen LogP contribution in [-0.4, -0.2) is 47.5 Å². The summed E-state index contributed by atoms with van der Waals surface area (Å²) >= 11 is 0. The number of hydrogen-bond donors (Lipinski definition) is 1. The van der Waals surface area contributed by atoms with Crippen LogP contribution in [0.4, 0.5) is 17.5 Å². The van der Waals surface area contributed by atoms with Crippen molar-refractivity contribution in [2.24, 2.45) is 0 Å². The van der Waals surface area contributed by atoms with Gasteiger partial charge in [-0.1, -0.05) is 6.92 Å². The van der Waals surface area contributed by atoms with Crippen LogP contribution in [0.3, 0.4) is 0 Å². The Bertz CT molecular complexity index is 1090. The van der Waals surface area contributed by atoms with E-state index in [1.165, 1.54) is 6.26 Å². The van der Waals surface area contributed by atoms with Crippen LogP contribution in [0, 0.1) is 0 Å². The molecule has 3 heterocycles. The quantitative estimate of drug-likeness (QED) is 0.680. The number of nitrogens with one attached hydrogen (secondary N) is 1. The molecule has 0 atom stereocenters. The van der Waals surface area contributed by atoms with Crippen molar-refractivity contribution >= 4 is 38.3 Å². The summed E-state index contributed by atoms with van der Waals surface area (Å²) in [5, 5.41) is 8.65. The summed E-state index contributed by atoms with van der Waals surface area (Å²) in [7, 11) is -3.22. The molecule has 0 unspecified atom stereocenters. The predicted molar refractivity (Wildman–Crippen MR) is 110 cm³/mol. The summed E-state index contributed by atoms with van der Waals surface area (Å²) in [5.41, 5.74) is 1.58. The maximum atomic E-state index is 11.7. The van der Waals surface area contributed by atoms with Crippen molar-refractivity contribution in [3.05, 3.63) is 30.5 Å². The fourth-order valence-electron chi connectivity index (χ4n) is 3.40. The zero-order chi connectivity index (χ0) is 19.7. The first-order valence-corrected chi connectivity index (χ1v) is 11.4. The van der Waals surface area contributed by atoms with Crippen LogP contribution in [0.1, 0.15) is 26.2 Å². The topological polar surface area (TPSA) is 93.0 Å². The van der Waals surface area contributed by atoms with Gasteiger partial charge in [-0.25, -0.2) is 13.1 Å². The van der Waals surface area contributed by atoms with Gasteiger partial charge in [-0.15, -0.1) is 0 Å². The van der Waals surface area contributed by atoms with E-state index < -0.39 is 9.84 Å². The van der Waals surface area contributed by atoms with Gasteiger partial charge in [0.05, 0.1) is 16.5 Å². The second-order valence-electron chi connectivity index (χ2n) is 7.09. The first-order chi connectivity index (χ1) is 13.5. The number of anilines is 3. The average Bonchev–Trinajstić information content (AvgIpc) is 3.32. The van der Waals surface area contributed by atoms with Crippen LogP contribution in [0.15, 0.2) is 35.4 Å². The van der Waals surface area contributed by atoms with E-state index in [2.05, 4.69) is 22.2 Å². The number of nitrogens with zero attached hydrogens (tertiary/aromatic N) is 5. The number of rotatable bonds is 6. The Hall–Kier alpha value is -2.68. The van der Waals surface area contributed by atoms with Gasteiger partial charge in [0, 0.05) is 31.6 Å². The van der Waals surface area contributed by atoms with E-state index in [1.54, 1.807) is 30.5 Å². The maximum Gasteiger partial charge on any atom is 0.229 e. The molecule has 0 radical (unpaired) electrons. The highest BCUT2D eigenvalue weighted by molar-refractivity contribution is 7.90. The molecule has 1 fully saturated rings. The number of aryl methyl sites for hydroxylation is 1. The molecular formula is C19H24N6O2S. The third-order valence-corrected chi connectivity index (χ3v) is 5.98. The van der Waals surface area contributed by atoms with E-state index in [9.17, 15) is 8.42 Å². The van der Waals surface area contributed by atoms with Crippen molar-refractivity contribution in [3.63, 3.8) is 0 Å². The summed E-state index contributed by atoms with van der Waals surface area (Å²) in [4.78, 5) is 12.0. The minimum Gasteiger partial charge on any atom is -0.341 e. The van der Waals surface area contributed by atoms with Crippen LogP contribution >= 0.6 is 0 Å². The third-order valence-electron chi connectivity index (χ3n) is 4.85. The van der Waals surface area contributed by atoms with Crippen LogP contribution in [-0.2, 0) is 16.4 Å². The molecule has 1 aliphatic rings. The van der Waals surface area contributed by atoms with Gasteiger partial charge in [-0.3, -0.25) is 0 Å². The van der Waals surface area contributed by atoms with Gasteiger partial charge < -0.3 is 10.2 Å². The molecule has 2 aromatic heterocycles. The Labute approximate surface area is 164 Å². The zero-order valence-electron chi connectivity index (χ0n) is 16.1. The number of benzene rings is 1. The first kappa shape index (κ1) is 18.7. The molecular weight excluding hydrogens is 376 g/mol. The number of hydrogen-bond acceptors (Lipinski definition) is 7. The highest BCUT2D eigenvalue weighted by Gasteiger charge is 2.19. The highest BCUT2D eigenvalue weighted by atomic mass is 32.2. The Kier molecular flexibility index (Phi) is 4.92. The summed E-state index contributed by atoms with van der Waals surface area (Å²) in [6.45, 7) is 4.81. The van der Waals surface area contributed by atoms with Crippen molar-refractivity contribution in [2.45, 2.75) is 37.6 Å². The van der Waals surface area contributed by atoms with E-state index in [1.807, 2.05) is 4.68 Å². The molecule has 1 N–H and O–H groups in total. The minimum atomic E-state index is -3.22. The predicted octanol–water partition coefficient (Wildman–Crippen LogP) is 2.98. The molecule has 0 spiro atoms. The van der Waals surface area contributed by atoms with Crippen molar-refractivity contribution in [1.82, 2.24) is 19.7 Å². The SMILES string of the molecule is CCCn1ncc2c(Nc3ccc(S(C)(=O)=O)cc3)nc(N3CCCC3)nc21. The lowest BCUT2D eigenvalue weighted by Gasteiger charge is -2.17. The molecule has 0 aliphatic carbocycles. The molecule has 1 saturated heterocycles. The van der Waals surface area contributed by atoms with E-state index >= 15 is 0 Å². The van der Waals surface area contributed by atoms with Crippen molar-refractivity contribution < 1.29 is 8.42 Å². The normalized spacial score (nSPS) is 14.7. The fraction of sp³-hybridized carbons (Fsp3) is 0.421. The summed E-state index contributed by atoms with van der Waals surface area (Å²) < 4.78 is 25.3. The molecule has 148 valence electrons. The van der Waals surface area contributed by atoms with Gasteiger partial charge in [-0.2, -0.15) is 15.1 Å². The molecule has 1 aromatic carbocycles. The van der Waals surface area contributed by atoms with E-state index in [-0.39, 0.29) is 0 Å². The summed E-state index contributed by atoms with van der Waals surface area (Å²) in [6, 6.07) is 6.68. The van der Waals surface area contributed by atoms with E-state index in [0.717, 1.165) is 55.6 Å². The van der Waals surface area contributed by atoms with E-state index in [4.69, 9.17) is 9.97 Å². The molecule has 3 aromatic rings. The lowest BCUT2D eigenvalue weighted by molar-refractivity contribution is 0.602. The van der Waals surface area contributed by atoms with Gasteiger partial charge in [-0.05, 0) is 43.5 Å². The summed E-state index contributed by atoms with van der Waals surface area (Å²) in [6.07, 6.45) is 6.24. The smallest absolute Gasteiger partial charge is 0.229 e. The van der Waals surface area contributed by atoms with Crippen molar-refractivity contribution in [3.8, 4) is 0 Å². The first-order valence-electron chi connectivity index (χ1n) is 9.51. The lowest BCUT2D eigenvalue weighted by Crippen LogP contribution is -2.21. The summed E-state index contributed by atoms with van der Waals surface area (Å²) in [5.74, 6) is 1.39.